The molecule has 0 spiro atoms. The fraction of sp³-hybridized carbons (Fsp3) is 0.800. The van der Waals surface area contributed by atoms with E-state index in [9.17, 15) is 9.59 Å². The van der Waals surface area contributed by atoms with E-state index >= 15 is 0 Å². The molecule has 15 heavy (non-hydrogen) atoms. The van der Waals surface area contributed by atoms with E-state index in [1.165, 1.54) is 18.9 Å². The summed E-state index contributed by atoms with van der Waals surface area (Å²) in [6.45, 7) is 6.72. The zero-order chi connectivity index (χ0) is 12.3. The lowest BCUT2D eigenvalue weighted by atomic mass is 9.97. The maximum atomic E-state index is 11.3. The molecule has 0 rings (SSSR count). The van der Waals surface area contributed by atoms with Crippen LogP contribution in [0.2, 0.25) is 0 Å². The molecule has 0 radical (unpaired) electrons. The first-order chi connectivity index (χ1) is 6.63. The zero-order valence-electron chi connectivity index (χ0n) is 9.79. The Kier molecular flexibility index (Phi) is 4.65. The minimum absolute atomic E-state index is 0.323. The first-order valence-electron chi connectivity index (χ1n) is 4.59. The summed E-state index contributed by atoms with van der Waals surface area (Å²) in [6, 6.07) is 0. The molecule has 0 heterocycles. The fourth-order valence-corrected chi connectivity index (χ4v) is 1.72. The number of carboxylic acids is 1. The minimum atomic E-state index is -0.884. The fourth-order valence-electron chi connectivity index (χ4n) is 0.758. The molecule has 0 fully saturated rings. The van der Waals surface area contributed by atoms with Crippen LogP contribution in [0.1, 0.15) is 27.7 Å². The minimum Gasteiger partial charge on any atom is -0.480 e. The summed E-state index contributed by atoms with van der Waals surface area (Å²) in [5.41, 5.74) is -0.661. The van der Waals surface area contributed by atoms with Gasteiger partial charge in [0.25, 0.3) is 0 Å². The highest BCUT2D eigenvalue weighted by Crippen LogP contribution is 2.32. The maximum absolute atomic E-state index is 11.3. The van der Waals surface area contributed by atoms with E-state index in [-0.39, 0.29) is 5.97 Å². The number of hydrogen-bond donors (Lipinski definition) is 1. The van der Waals surface area contributed by atoms with Crippen molar-refractivity contribution in [3.63, 3.8) is 0 Å². The second-order valence-electron chi connectivity index (χ2n) is 4.48. The highest BCUT2D eigenvalue weighted by Gasteiger charge is 2.35. The number of carboxylic acid groups (broad SMARTS) is 1. The van der Waals surface area contributed by atoms with Gasteiger partial charge in [-0.05, 0) is 27.7 Å². The van der Waals surface area contributed by atoms with Crippen LogP contribution in [0.4, 0.5) is 0 Å². The Morgan fingerprint density at radius 2 is 1.73 bits per heavy atom. The van der Waals surface area contributed by atoms with Crippen molar-refractivity contribution in [3.05, 3.63) is 0 Å². The third-order valence-corrected chi connectivity index (χ3v) is 3.81. The Bertz CT molecular complexity index is 258. The van der Waals surface area contributed by atoms with Gasteiger partial charge in [0.15, 0.2) is 0 Å². The van der Waals surface area contributed by atoms with Crippen molar-refractivity contribution in [2.75, 3.05) is 12.9 Å². The van der Waals surface area contributed by atoms with Gasteiger partial charge in [0, 0.05) is 5.75 Å². The Hall–Kier alpha value is -0.710. The molecule has 0 bridgehead atoms. The highest BCUT2D eigenvalue weighted by molar-refractivity contribution is 8.01. The molecule has 88 valence electrons. The van der Waals surface area contributed by atoms with Crippen LogP contribution in [0, 0.1) is 5.41 Å². The summed E-state index contributed by atoms with van der Waals surface area (Å²) in [7, 11) is 1.33. The van der Waals surface area contributed by atoms with Crippen LogP contribution in [-0.4, -0.2) is 34.7 Å². The van der Waals surface area contributed by atoms with Gasteiger partial charge < -0.3 is 9.84 Å². The quantitative estimate of drug-likeness (QED) is 0.735. The lowest BCUT2D eigenvalue weighted by Gasteiger charge is -2.26. The second kappa shape index (κ2) is 4.88. The van der Waals surface area contributed by atoms with Gasteiger partial charge in [-0.1, -0.05) is 0 Å². The zero-order valence-corrected chi connectivity index (χ0v) is 10.6. The van der Waals surface area contributed by atoms with Gasteiger partial charge in [-0.25, -0.2) is 0 Å². The molecule has 0 aliphatic carbocycles. The van der Waals surface area contributed by atoms with Crippen molar-refractivity contribution >= 4 is 23.7 Å². The first-order valence-corrected chi connectivity index (χ1v) is 5.58. The SMILES string of the molecule is COC(=O)C(C)(C)CSC(C)(C)C(=O)O. The number of hydrogen-bond acceptors (Lipinski definition) is 4. The van der Waals surface area contributed by atoms with Crippen LogP contribution >= 0.6 is 11.8 Å². The molecular weight excluding hydrogens is 216 g/mol. The van der Waals surface area contributed by atoms with E-state index in [1.807, 2.05) is 0 Å². The maximum Gasteiger partial charge on any atom is 0.319 e. The monoisotopic (exact) mass is 234 g/mol. The van der Waals surface area contributed by atoms with Gasteiger partial charge in [-0.3, -0.25) is 9.59 Å². The molecule has 0 aliphatic rings. The summed E-state index contributed by atoms with van der Waals surface area (Å²) in [5.74, 6) is -0.789. The van der Waals surface area contributed by atoms with E-state index in [0.29, 0.717) is 5.75 Å². The molecule has 0 amide bonds. The third-order valence-electron chi connectivity index (χ3n) is 2.05. The summed E-state index contributed by atoms with van der Waals surface area (Å²) >= 11 is 1.24. The van der Waals surface area contributed by atoms with Crippen molar-refractivity contribution in [1.82, 2.24) is 0 Å². The number of carbonyl (C=O) groups excluding carboxylic acids is 1. The molecule has 0 saturated heterocycles. The molecule has 5 heteroatoms. The van der Waals surface area contributed by atoms with Crippen molar-refractivity contribution in [3.8, 4) is 0 Å². The number of thioether (sulfide) groups is 1. The Morgan fingerprint density at radius 3 is 2.07 bits per heavy atom. The molecule has 0 atom stereocenters. The number of esters is 1. The van der Waals surface area contributed by atoms with E-state index < -0.39 is 16.1 Å². The average Bonchev–Trinajstić information content (AvgIpc) is 2.13. The number of carbonyl (C=O) groups is 2. The predicted octanol–water partition coefficient (Wildman–Crippen LogP) is 1.78. The van der Waals surface area contributed by atoms with Crippen LogP contribution < -0.4 is 0 Å². The van der Waals surface area contributed by atoms with Crippen LogP contribution in [0.15, 0.2) is 0 Å². The third kappa shape index (κ3) is 4.11. The summed E-state index contributed by atoms with van der Waals surface area (Å²) in [6.07, 6.45) is 0. The van der Waals surface area contributed by atoms with Crippen molar-refractivity contribution < 1.29 is 19.4 Å². The average molecular weight is 234 g/mol. The molecule has 0 aromatic heterocycles. The topological polar surface area (TPSA) is 63.6 Å². The molecule has 0 unspecified atom stereocenters. The molecule has 0 aliphatic heterocycles. The Morgan fingerprint density at radius 1 is 1.27 bits per heavy atom. The Balaban J connectivity index is 4.39. The van der Waals surface area contributed by atoms with E-state index in [1.54, 1.807) is 27.7 Å². The standard InChI is InChI=1S/C10H18O4S/c1-9(2,8(13)14-5)6-15-10(3,4)7(11)12/h6H2,1-5H3,(H,11,12). The lowest BCUT2D eigenvalue weighted by molar-refractivity contribution is -0.149. The van der Waals surface area contributed by atoms with Gasteiger partial charge in [-0.15, -0.1) is 11.8 Å². The van der Waals surface area contributed by atoms with Crippen LogP contribution in [0.25, 0.3) is 0 Å². The van der Waals surface area contributed by atoms with Gasteiger partial charge in [0.05, 0.1) is 12.5 Å². The molecule has 1 N–H and O–H groups in total. The number of aliphatic carboxylic acids is 1. The van der Waals surface area contributed by atoms with Crippen LogP contribution in [0.5, 0.6) is 0 Å². The molecule has 0 saturated carbocycles. The van der Waals surface area contributed by atoms with E-state index in [4.69, 9.17) is 5.11 Å². The van der Waals surface area contributed by atoms with Gasteiger partial charge >= 0.3 is 11.9 Å². The summed E-state index contributed by atoms with van der Waals surface area (Å²) in [4.78, 5) is 22.2. The van der Waals surface area contributed by atoms with Crippen molar-refractivity contribution in [2.45, 2.75) is 32.4 Å². The predicted molar refractivity (Wildman–Crippen MR) is 60.0 cm³/mol. The normalized spacial score (nSPS) is 12.3. The van der Waals surface area contributed by atoms with E-state index in [2.05, 4.69) is 4.74 Å². The molecule has 0 aromatic carbocycles. The number of rotatable bonds is 5. The van der Waals surface area contributed by atoms with Crippen molar-refractivity contribution in [1.29, 1.82) is 0 Å². The number of ether oxygens (including phenoxy) is 1. The van der Waals surface area contributed by atoms with Gasteiger partial charge in [-0.2, -0.15) is 0 Å². The summed E-state index contributed by atoms with van der Waals surface area (Å²) in [5, 5.41) is 8.90. The van der Waals surface area contributed by atoms with Gasteiger partial charge in [0.1, 0.15) is 4.75 Å². The van der Waals surface area contributed by atoms with Gasteiger partial charge in [0.2, 0.25) is 0 Å². The second-order valence-corrected chi connectivity index (χ2v) is 6.08. The largest absolute Gasteiger partial charge is 0.480 e. The summed E-state index contributed by atoms with van der Waals surface area (Å²) < 4.78 is 3.76. The van der Waals surface area contributed by atoms with Crippen molar-refractivity contribution in [2.24, 2.45) is 5.41 Å². The molecule has 0 aromatic rings. The highest BCUT2D eigenvalue weighted by atomic mass is 32.2. The van der Waals surface area contributed by atoms with Crippen LogP contribution in [0.3, 0.4) is 0 Å². The van der Waals surface area contributed by atoms with Crippen LogP contribution in [-0.2, 0) is 14.3 Å². The number of methoxy groups -OCH3 is 1. The smallest absolute Gasteiger partial charge is 0.319 e. The molecular formula is C10H18O4S. The lowest BCUT2D eigenvalue weighted by Crippen LogP contribution is -2.34. The van der Waals surface area contributed by atoms with E-state index in [0.717, 1.165) is 0 Å². The first kappa shape index (κ1) is 14.3. The Labute approximate surface area is 94.4 Å². The molecule has 4 nitrogen and oxygen atoms in total.